The van der Waals surface area contributed by atoms with Gasteiger partial charge in [-0.1, -0.05) is 6.07 Å². The van der Waals surface area contributed by atoms with Gasteiger partial charge in [-0.25, -0.2) is 4.98 Å². The molecule has 0 bridgehead atoms. The molecule has 0 aliphatic carbocycles. The third kappa shape index (κ3) is 4.82. The Labute approximate surface area is 177 Å². The molecule has 1 fully saturated rings. The Balaban J connectivity index is 1.28. The number of amides is 1. The van der Waals surface area contributed by atoms with Crippen LogP contribution in [0.5, 0.6) is 5.75 Å². The van der Waals surface area contributed by atoms with Crippen molar-refractivity contribution in [3.63, 3.8) is 0 Å². The predicted molar refractivity (Wildman–Crippen MR) is 118 cm³/mol. The van der Waals surface area contributed by atoms with Gasteiger partial charge in [0.25, 0.3) is 5.91 Å². The maximum absolute atomic E-state index is 12.5. The fraction of sp³-hybridized carbons (Fsp3) is 0.417. The van der Waals surface area contributed by atoms with Crippen LogP contribution in [0, 0.1) is 0 Å². The smallest absolute Gasteiger partial charge is 0.251 e. The number of benzene rings is 1. The highest BCUT2D eigenvalue weighted by atomic mass is 16.5. The van der Waals surface area contributed by atoms with Crippen LogP contribution in [0.2, 0.25) is 0 Å². The molecule has 158 valence electrons. The van der Waals surface area contributed by atoms with E-state index >= 15 is 0 Å². The van der Waals surface area contributed by atoms with Gasteiger partial charge in [-0.3, -0.25) is 9.69 Å². The standard InChI is InChI=1S/C24H30N4O2/c1-24(2,3)28-13-10-21(11-14-28)30-20-7-5-19(6-8-20)23(29)26-16-18-4-9-22-25-12-15-27(22)17-18/h4-9,12,15,17,21H,10-11,13-14,16H2,1-3H3,(H,26,29). The summed E-state index contributed by atoms with van der Waals surface area (Å²) >= 11 is 0. The lowest BCUT2D eigenvalue weighted by Crippen LogP contribution is -2.48. The van der Waals surface area contributed by atoms with Crippen molar-refractivity contribution >= 4 is 11.6 Å². The van der Waals surface area contributed by atoms with E-state index in [-0.39, 0.29) is 17.6 Å². The van der Waals surface area contributed by atoms with Gasteiger partial charge in [0.15, 0.2) is 0 Å². The Kier molecular flexibility index (Phi) is 5.77. The molecule has 1 aromatic carbocycles. The number of fused-ring (bicyclic) bond motifs is 1. The first kappa shape index (κ1) is 20.4. The second-order valence-electron chi connectivity index (χ2n) is 8.91. The normalized spacial score (nSPS) is 16.0. The first-order chi connectivity index (χ1) is 14.4. The van der Waals surface area contributed by atoms with E-state index in [1.807, 2.05) is 53.2 Å². The molecule has 1 aliphatic rings. The monoisotopic (exact) mass is 406 g/mol. The van der Waals surface area contributed by atoms with E-state index in [1.165, 1.54) is 0 Å². The van der Waals surface area contributed by atoms with Gasteiger partial charge < -0.3 is 14.5 Å². The first-order valence-corrected chi connectivity index (χ1v) is 10.6. The van der Waals surface area contributed by atoms with Crippen molar-refractivity contribution in [2.45, 2.75) is 51.8 Å². The highest BCUT2D eigenvalue weighted by molar-refractivity contribution is 5.94. The van der Waals surface area contributed by atoms with Gasteiger partial charge in [0.1, 0.15) is 17.5 Å². The molecule has 4 rings (SSSR count). The second-order valence-corrected chi connectivity index (χ2v) is 8.91. The summed E-state index contributed by atoms with van der Waals surface area (Å²) in [6.07, 6.45) is 7.93. The molecule has 1 saturated heterocycles. The van der Waals surface area contributed by atoms with E-state index in [1.54, 1.807) is 6.20 Å². The van der Waals surface area contributed by atoms with Crippen LogP contribution in [0.15, 0.2) is 55.0 Å². The van der Waals surface area contributed by atoms with Crippen LogP contribution in [-0.4, -0.2) is 44.9 Å². The molecule has 3 heterocycles. The van der Waals surface area contributed by atoms with Crippen LogP contribution in [0.25, 0.3) is 5.65 Å². The van der Waals surface area contributed by atoms with Gasteiger partial charge in [-0.15, -0.1) is 0 Å². The van der Waals surface area contributed by atoms with Gasteiger partial charge in [0, 0.05) is 49.3 Å². The zero-order valence-corrected chi connectivity index (χ0v) is 18.0. The number of ether oxygens (including phenoxy) is 1. The number of likely N-dealkylation sites (tertiary alicyclic amines) is 1. The summed E-state index contributed by atoms with van der Waals surface area (Å²) in [7, 11) is 0. The number of aromatic nitrogens is 2. The van der Waals surface area contributed by atoms with E-state index in [2.05, 4.69) is 36.0 Å². The topological polar surface area (TPSA) is 58.9 Å². The minimum absolute atomic E-state index is 0.0919. The fourth-order valence-corrected chi connectivity index (χ4v) is 3.88. The Hall–Kier alpha value is -2.86. The molecule has 30 heavy (non-hydrogen) atoms. The minimum atomic E-state index is -0.0919. The number of piperidine rings is 1. The Morgan fingerprint density at radius 2 is 1.87 bits per heavy atom. The molecule has 1 aliphatic heterocycles. The number of carbonyl (C=O) groups excluding carboxylic acids is 1. The average Bonchev–Trinajstić information content (AvgIpc) is 3.20. The lowest BCUT2D eigenvalue weighted by atomic mass is 9.99. The zero-order valence-electron chi connectivity index (χ0n) is 18.0. The molecule has 0 radical (unpaired) electrons. The number of carbonyl (C=O) groups is 1. The SMILES string of the molecule is CC(C)(C)N1CCC(Oc2ccc(C(=O)NCc3ccc4nccn4c3)cc2)CC1. The quantitative estimate of drug-likeness (QED) is 0.698. The van der Waals surface area contributed by atoms with E-state index < -0.39 is 0 Å². The van der Waals surface area contributed by atoms with Crippen LogP contribution in [0.1, 0.15) is 49.5 Å². The molecular formula is C24H30N4O2. The molecule has 1 N–H and O–H groups in total. The molecular weight excluding hydrogens is 376 g/mol. The van der Waals surface area contributed by atoms with E-state index in [4.69, 9.17) is 4.74 Å². The van der Waals surface area contributed by atoms with Crippen molar-refractivity contribution < 1.29 is 9.53 Å². The number of nitrogens with one attached hydrogen (secondary N) is 1. The summed E-state index contributed by atoms with van der Waals surface area (Å²) in [5, 5.41) is 2.97. The van der Waals surface area contributed by atoms with Crippen LogP contribution >= 0.6 is 0 Å². The van der Waals surface area contributed by atoms with Gasteiger partial charge in [-0.2, -0.15) is 0 Å². The second kappa shape index (κ2) is 8.48. The van der Waals surface area contributed by atoms with Gasteiger partial charge in [0.05, 0.1) is 0 Å². The molecule has 0 saturated carbocycles. The third-order valence-corrected chi connectivity index (χ3v) is 5.71. The van der Waals surface area contributed by atoms with Gasteiger partial charge in [0.2, 0.25) is 0 Å². The molecule has 2 aromatic heterocycles. The van der Waals surface area contributed by atoms with Crippen molar-refractivity contribution in [1.29, 1.82) is 0 Å². The summed E-state index contributed by atoms with van der Waals surface area (Å²) in [5.41, 5.74) is 2.76. The number of hydrogen-bond acceptors (Lipinski definition) is 4. The Morgan fingerprint density at radius 1 is 1.13 bits per heavy atom. The maximum atomic E-state index is 12.5. The maximum Gasteiger partial charge on any atom is 0.251 e. The van der Waals surface area contributed by atoms with Crippen molar-refractivity contribution in [3.05, 3.63) is 66.1 Å². The fourth-order valence-electron chi connectivity index (χ4n) is 3.88. The molecule has 3 aromatic rings. The van der Waals surface area contributed by atoms with Crippen LogP contribution in [-0.2, 0) is 6.54 Å². The average molecular weight is 407 g/mol. The van der Waals surface area contributed by atoms with Gasteiger partial charge >= 0.3 is 0 Å². The number of hydrogen-bond donors (Lipinski definition) is 1. The summed E-state index contributed by atoms with van der Waals surface area (Å²) in [6.45, 7) is 9.35. The molecule has 6 heteroatoms. The van der Waals surface area contributed by atoms with E-state index in [0.29, 0.717) is 12.1 Å². The Bertz CT molecular complexity index is 996. The third-order valence-electron chi connectivity index (χ3n) is 5.71. The van der Waals surface area contributed by atoms with E-state index in [0.717, 1.165) is 42.9 Å². The molecule has 0 unspecified atom stereocenters. The van der Waals surface area contributed by atoms with Gasteiger partial charge in [-0.05, 0) is 69.5 Å². The van der Waals surface area contributed by atoms with Crippen molar-refractivity contribution in [1.82, 2.24) is 19.6 Å². The van der Waals surface area contributed by atoms with E-state index in [9.17, 15) is 4.79 Å². The van der Waals surface area contributed by atoms with Crippen molar-refractivity contribution in [2.75, 3.05) is 13.1 Å². The lowest BCUT2D eigenvalue weighted by molar-refractivity contribution is 0.0491. The summed E-state index contributed by atoms with van der Waals surface area (Å²) in [5.74, 6) is 0.733. The first-order valence-electron chi connectivity index (χ1n) is 10.6. The van der Waals surface area contributed by atoms with Crippen LogP contribution < -0.4 is 10.1 Å². The van der Waals surface area contributed by atoms with Crippen LogP contribution in [0.4, 0.5) is 0 Å². The predicted octanol–water partition coefficient (Wildman–Crippen LogP) is 3.91. The molecule has 0 spiro atoms. The minimum Gasteiger partial charge on any atom is -0.490 e. The number of pyridine rings is 1. The van der Waals surface area contributed by atoms with Crippen molar-refractivity contribution in [3.8, 4) is 5.75 Å². The van der Waals surface area contributed by atoms with Crippen LogP contribution in [0.3, 0.4) is 0 Å². The summed E-state index contributed by atoms with van der Waals surface area (Å²) in [4.78, 5) is 19.2. The lowest BCUT2D eigenvalue weighted by Gasteiger charge is -2.40. The molecule has 0 atom stereocenters. The highest BCUT2D eigenvalue weighted by Crippen LogP contribution is 2.24. The highest BCUT2D eigenvalue weighted by Gasteiger charge is 2.27. The van der Waals surface area contributed by atoms with Crippen molar-refractivity contribution in [2.24, 2.45) is 0 Å². The number of rotatable bonds is 5. The molecule has 1 amide bonds. The zero-order chi connectivity index (χ0) is 21.1. The summed E-state index contributed by atoms with van der Waals surface area (Å²) in [6, 6.07) is 11.4. The largest absolute Gasteiger partial charge is 0.490 e. The number of nitrogens with zero attached hydrogens (tertiary/aromatic N) is 3. The number of imidazole rings is 1. The Morgan fingerprint density at radius 3 is 2.57 bits per heavy atom. The summed E-state index contributed by atoms with van der Waals surface area (Å²) < 4.78 is 8.09. The molecule has 6 nitrogen and oxygen atoms in total.